The first kappa shape index (κ1) is 16.1. The van der Waals surface area contributed by atoms with Gasteiger partial charge in [0.25, 0.3) is 0 Å². The minimum Gasteiger partial charge on any atom is -0.294 e. The highest BCUT2D eigenvalue weighted by Gasteiger charge is 2.26. The van der Waals surface area contributed by atoms with E-state index >= 15 is 0 Å². The number of sulfonamides is 1. The molecule has 0 heterocycles. The SMILES string of the molecule is CCNS(=O)(=O)c1ccc(Cl)c(C(=O)C(C)(C)C)c1. The highest BCUT2D eigenvalue weighted by Crippen LogP contribution is 2.28. The van der Waals surface area contributed by atoms with E-state index < -0.39 is 15.4 Å². The quantitative estimate of drug-likeness (QED) is 0.870. The maximum atomic E-state index is 12.2. The fourth-order valence-electron chi connectivity index (χ4n) is 1.52. The topological polar surface area (TPSA) is 63.2 Å². The Morgan fingerprint density at radius 2 is 1.89 bits per heavy atom. The summed E-state index contributed by atoms with van der Waals surface area (Å²) in [4.78, 5) is 12.3. The van der Waals surface area contributed by atoms with Crippen molar-refractivity contribution in [2.75, 3.05) is 6.54 Å². The molecule has 0 aliphatic heterocycles. The number of halogens is 1. The number of carbonyl (C=O) groups is 1. The minimum atomic E-state index is -3.59. The van der Waals surface area contributed by atoms with Gasteiger partial charge in [-0.25, -0.2) is 13.1 Å². The second-order valence-electron chi connectivity index (χ2n) is 5.22. The van der Waals surface area contributed by atoms with Crippen LogP contribution in [-0.4, -0.2) is 20.7 Å². The molecule has 0 aliphatic carbocycles. The Balaban J connectivity index is 3.34. The van der Waals surface area contributed by atoms with Gasteiger partial charge in [-0.2, -0.15) is 0 Å². The van der Waals surface area contributed by atoms with Crippen molar-refractivity contribution in [1.82, 2.24) is 4.72 Å². The fraction of sp³-hybridized carbons (Fsp3) is 0.462. The monoisotopic (exact) mass is 303 g/mol. The van der Waals surface area contributed by atoms with E-state index in [1.165, 1.54) is 18.2 Å². The number of carbonyl (C=O) groups excluding carboxylic acids is 1. The number of Topliss-reactive ketones (excluding diaryl/α,β-unsaturated/α-hetero) is 1. The second-order valence-corrected chi connectivity index (χ2v) is 7.40. The van der Waals surface area contributed by atoms with Gasteiger partial charge < -0.3 is 0 Å². The van der Waals surface area contributed by atoms with Gasteiger partial charge in [0.15, 0.2) is 5.78 Å². The maximum absolute atomic E-state index is 12.2. The van der Waals surface area contributed by atoms with E-state index in [0.717, 1.165) is 0 Å². The zero-order chi connectivity index (χ0) is 14.8. The van der Waals surface area contributed by atoms with E-state index in [-0.39, 0.29) is 27.8 Å². The Bertz CT molecular complexity index is 588. The number of nitrogens with one attached hydrogen (secondary N) is 1. The van der Waals surface area contributed by atoms with E-state index in [4.69, 9.17) is 11.6 Å². The van der Waals surface area contributed by atoms with Gasteiger partial charge >= 0.3 is 0 Å². The van der Waals surface area contributed by atoms with Gasteiger partial charge in [0, 0.05) is 17.5 Å². The van der Waals surface area contributed by atoms with Crippen LogP contribution in [0.15, 0.2) is 23.1 Å². The summed E-state index contributed by atoms with van der Waals surface area (Å²) in [5, 5.41) is 0.260. The van der Waals surface area contributed by atoms with Crippen molar-refractivity contribution in [3.8, 4) is 0 Å². The summed E-state index contributed by atoms with van der Waals surface area (Å²) in [5.41, 5.74) is -0.391. The molecule has 0 saturated heterocycles. The molecule has 0 aliphatic rings. The van der Waals surface area contributed by atoms with Crippen molar-refractivity contribution in [2.24, 2.45) is 5.41 Å². The fourth-order valence-corrected chi connectivity index (χ4v) is 2.79. The van der Waals surface area contributed by atoms with Gasteiger partial charge in [0.2, 0.25) is 10.0 Å². The molecule has 1 rings (SSSR count). The molecular weight excluding hydrogens is 286 g/mol. The third kappa shape index (κ3) is 3.78. The molecule has 0 atom stereocenters. The highest BCUT2D eigenvalue weighted by molar-refractivity contribution is 7.89. The van der Waals surface area contributed by atoms with Crippen molar-refractivity contribution in [3.63, 3.8) is 0 Å². The Labute approximate surface area is 119 Å². The predicted octanol–water partition coefficient (Wildman–Crippen LogP) is 2.87. The van der Waals surface area contributed by atoms with Crippen LogP contribution in [0.4, 0.5) is 0 Å². The van der Waals surface area contributed by atoms with Crippen LogP contribution in [0.2, 0.25) is 5.02 Å². The average Bonchev–Trinajstić information content (AvgIpc) is 2.27. The van der Waals surface area contributed by atoms with Crippen molar-refractivity contribution < 1.29 is 13.2 Å². The highest BCUT2D eigenvalue weighted by atomic mass is 35.5. The standard InChI is InChI=1S/C13H18ClNO3S/c1-5-15-19(17,18)9-6-7-11(14)10(8-9)12(16)13(2,3)4/h6-8,15H,5H2,1-4H3. The molecule has 0 aromatic heterocycles. The van der Waals surface area contributed by atoms with Gasteiger partial charge in [0.1, 0.15) is 0 Å². The first-order valence-electron chi connectivity index (χ1n) is 5.93. The summed E-state index contributed by atoms with van der Waals surface area (Å²) in [6.07, 6.45) is 0. The summed E-state index contributed by atoms with van der Waals surface area (Å²) in [7, 11) is -3.59. The molecule has 0 unspecified atom stereocenters. The molecular formula is C13H18ClNO3S. The zero-order valence-electron chi connectivity index (χ0n) is 11.5. The Morgan fingerprint density at radius 1 is 1.32 bits per heavy atom. The molecule has 0 amide bonds. The van der Waals surface area contributed by atoms with Crippen LogP contribution in [0.25, 0.3) is 0 Å². The van der Waals surface area contributed by atoms with Crippen molar-refractivity contribution in [3.05, 3.63) is 28.8 Å². The van der Waals surface area contributed by atoms with E-state index in [9.17, 15) is 13.2 Å². The first-order valence-corrected chi connectivity index (χ1v) is 7.79. The molecule has 19 heavy (non-hydrogen) atoms. The lowest BCUT2D eigenvalue weighted by molar-refractivity contribution is 0.0858. The molecule has 4 nitrogen and oxygen atoms in total. The molecule has 0 spiro atoms. The number of hydrogen-bond donors (Lipinski definition) is 1. The summed E-state index contributed by atoms with van der Waals surface area (Å²) in [6.45, 7) is 7.26. The summed E-state index contributed by atoms with van der Waals surface area (Å²) >= 11 is 5.99. The van der Waals surface area contributed by atoms with Crippen LogP contribution in [0.1, 0.15) is 38.1 Å². The van der Waals surface area contributed by atoms with Crippen LogP contribution >= 0.6 is 11.6 Å². The lowest BCUT2D eigenvalue weighted by atomic mass is 9.86. The summed E-state index contributed by atoms with van der Waals surface area (Å²) in [5.74, 6) is -0.189. The molecule has 6 heteroatoms. The molecule has 1 aromatic rings. The predicted molar refractivity (Wildman–Crippen MR) is 76.1 cm³/mol. The normalized spacial score (nSPS) is 12.5. The molecule has 0 saturated carbocycles. The van der Waals surface area contributed by atoms with Crippen molar-refractivity contribution in [2.45, 2.75) is 32.6 Å². The van der Waals surface area contributed by atoms with Crippen LogP contribution < -0.4 is 4.72 Å². The zero-order valence-corrected chi connectivity index (χ0v) is 13.0. The number of rotatable bonds is 4. The number of benzene rings is 1. The number of ketones is 1. The van der Waals surface area contributed by atoms with Gasteiger partial charge in [0.05, 0.1) is 9.92 Å². The second kappa shape index (κ2) is 5.61. The third-order valence-electron chi connectivity index (χ3n) is 2.51. The Kier molecular flexibility index (Phi) is 4.76. The van der Waals surface area contributed by atoms with Gasteiger partial charge in [-0.05, 0) is 18.2 Å². The smallest absolute Gasteiger partial charge is 0.240 e. The van der Waals surface area contributed by atoms with Crippen molar-refractivity contribution >= 4 is 27.4 Å². The molecule has 1 aromatic carbocycles. The largest absolute Gasteiger partial charge is 0.294 e. The molecule has 0 bridgehead atoms. The minimum absolute atomic E-state index is 0.0475. The van der Waals surface area contributed by atoms with E-state index in [1.54, 1.807) is 27.7 Å². The molecule has 106 valence electrons. The van der Waals surface area contributed by atoms with E-state index in [2.05, 4.69) is 4.72 Å². The van der Waals surface area contributed by atoms with Gasteiger partial charge in [-0.1, -0.05) is 39.3 Å². The molecule has 0 radical (unpaired) electrons. The molecule has 1 N–H and O–H groups in total. The Morgan fingerprint density at radius 3 is 2.37 bits per heavy atom. The lowest BCUT2D eigenvalue weighted by Crippen LogP contribution is -2.24. The Hall–Kier alpha value is -0.910. The first-order chi connectivity index (χ1) is 8.59. The van der Waals surface area contributed by atoms with Gasteiger partial charge in [-0.15, -0.1) is 0 Å². The molecule has 0 fully saturated rings. The lowest BCUT2D eigenvalue weighted by Gasteiger charge is -2.18. The summed E-state index contributed by atoms with van der Waals surface area (Å²) < 4.78 is 26.2. The van der Waals surface area contributed by atoms with Gasteiger partial charge in [-0.3, -0.25) is 4.79 Å². The third-order valence-corrected chi connectivity index (χ3v) is 4.38. The van der Waals surface area contributed by atoms with Crippen LogP contribution in [-0.2, 0) is 10.0 Å². The maximum Gasteiger partial charge on any atom is 0.240 e. The number of hydrogen-bond acceptors (Lipinski definition) is 3. The van der Waals surface area contributed by atoms with Crippen LogP contribution in [0, 0.1) is 5.41 Å². The van der Waals surface area contributed by atoms with Crippen molar-refractivity contribution in [1.29, 1.82) is 0 Å². The van der Waals surface area contributed by atoms with Crippen LogP contribution in [0.5, 0.6) is 0 Å². The summed E-state index contributed by atoms with van der Waals surface area (Å²) in [6, 6.07) is 4.15. The van der Waals surface area contributed by atoms with E-state index in [0.29, 0.717) is 0 Å². The van der Waals surface area contributed by atoms with Crippen LogP contribution in [0.3, 0.4) is 0 Å². The van der Waals surface area contributed by atoms with E-state index in [1.807, 2.05) is 0 Å². The average molecular weight is 304 g/mol.